The van der Waals surface area contributed by atoms with E-state index in [1.165, 1.54) is 6.07 Å². The number of ether oxygens (including phenoxy) is 2. The molecule has 0 aromatic heterocycles. The van der Waals surface area contributed by atoms with Crippen LogP contribution in [-0.4, -0.2) is 25.1 Å². The average Bonchev–Trinajstić information content (AvgIpc) is 2.84. The van der Waals surface area contributed by atoms with Gasteiger partial charge >= 0.3 is 0 Å². The summed E-state index contributed by atoms with van der Waals surface area (Å²) in [4.78, 5) is 0.857. The minimum atomic E-state index is -0.407. The Balaban J connectivity index is 2.03. The summed E-state index contributed by atoms with van der Waals surface area (Å²) >= 11 is 1.60. The molecule has 0 radical (unpaired) electrons. The molecule has 5 heteroatoms. The monoisotopic (exact) mass is 271 g/mol. The lowest BCUT2D eigenvalue weighted by molar-refractivity contribution is 0.129. The van der Waals surface area contributed by atoms with E-state index in [9.17, 15) is 4.39 Å². The largest absolute Gasteiger partial charge is 0.491 e. The molecule has 2 N–H and O–H groups in total. The van der Waals surface area contributed by atoms with Crippen LogP contribution < -0.4 is 10.5 Å². The number of hydrogen-bond acceptors (Lipinski definition) is 4. The van der Waals surface area contributed by atoms with E-state index in [1.54, 1.807) is 17.8 Å². The second-order valence-corrected chi connectivity index (χ2v) is 5.26. The Labute approximate surface area is 111 Å². The number of nitrogens with two attached hydrogens (primary N) is 1. The van der Waals surface area contributed by atoms with Crippen molar-refractivity contribution >= 4 is 17.4 Å². The Morgan fingerprint density at radius 3 is 3.06 bits per heavy atom. The molecule has 1 saturated heterocycles. The van der Waals surface area contributed by atoms with Crippen LogP contribution in [0.15, 0.2) is 17.0 Å². The Bertz CT molecular complexity index is 408. The van der Waals surface area contributed by atoms with Gasteiger partial charge in [0.2, 0.25) is 0 Å². The first-order valence-electron chi connectivity index (χ1n) is 6.17. The molecule has 0 saturated carbocycles. The molecule has 1 fully saturated rings. The van der Waals surface area contributed by atoms with Gasteiger partial charge in [0.25, 0.3) is 0 Å². The maximum atomic E-state index is 13.5. The van der Waals surface area contributed by atoms with Gasteiger partial charge in [0.15, 0.2) is 11.6 Å². The molecule has 0 bridgehead atoms. The number of hydrogen-bond donors (Lipinski definition) is 1. The van der Waals surface area contributed by atoms with Gasteiger partial charge in [-0.05, 0) is 25.8 Å². The van der Waals surface area contributed by atoms with Crippen molar-refractivity contribution in [1.29, 1.82) is 0 Å². The Morgan fingerprint density at radius 1 is 1.56 bits per heavy atom. The van der Waals surface area contributed by atoms with Crippen LogP contribution in [0.25, 0.3) is 0 Å². The maximum absolute atomic E-state index is 13.5. The van der Waals surface area contributed by atoms with Crippen molar-refractivity contribution in [3.8, 4) is 5.75 Å². The standard InChI is InChI=1S/C13H18FNO2S/c1-2-16-12-7-13(11(15)6-10(12)14)18-8-9-4-3-5-17-9/h6-7,9H,2-5,8,15H2,1H3. The molecule has 1 aromatic rings. The molecule has 0 aliphatic carbocycles. The summed E-state index contributed by atoms with van der Waals surface area (Å²) in [6.07, 6.45) is 2.50. The van der Waals surface area contributed by atoms with Crippen molar-refractivity contribution in [3.63, 3.8) is 0 Å². The fraction of sp³-hybridized carbons (Fsp3) is 0.538. The summed E-state index contributed by atoms with van der Waals surface area (Å²) in [6, 6.07) is 3.00. The van der Waals surface area contributed by atoms with Gasteiger partial charge in [0, 0.05) is 29.0 Å². The van der Waals surface area contributed by atoms with Crippen LogP contribution in [0.1, 0.15) is 19.8 Å². The number of thioether (sulfide) groups is 1. The molecule has 0 amide bonds. The van der Waals surface area contributed by atoms with Crippen molar-refractivity contribution in [2.24, 2.45) is 0 Å². The highest BCUT2D eigenvalue weighted by atomic mass is 32.2. The molecule has 2 rings (SSSR count). The summed E-state index contributed by atoms with van der Waals surface area (Å²) in [5, 5.41) is 0. The molecule has 3 nitrogen and oxygen atoms in total. The van der Waals surface area contributed by atoms with Gasteiger partial charge in [-0.1, -0.05) is 0 Å². The van der Waals surface area contributed by atoms with Crippen LogP contribution in [-0.2, 0) is 4.74 Å². The molecule has 18 heavy (non-hydrogen) atoms. The summed E-state index contributed by atoms with van der Waals surface area (Å²) in [5.41, 5.74) is 6.27. The molecule has 0 spiro atoms. The number of rotatable bonds is 5. The Kier molecular flexibility index (Phi) is 4.72. The first-order valence-corrected chi connectivity index (χ1v) is 7.15. The van der Waals surface area contributed by atoms with E-state index in [2.05, 4.69) is 0 Å². The van der Waals surface area contributed by atoms with Gasteiger partial charge in [-0.15, -0.1) is 11.8 Å². The highest BCUT2D eigenvalue weighted by Gasteiger charge is 2.17. The van der Waals surface area contributed by atoms with E-state index in [1.807, 2.05) is 6.92 Å². The SMILES string of the molecule is CCOc1cc(SCC2CCCO2)c(N)cc1F. The summed E-state index contributed by atoms with van der Waals surface area (Å²) in [5.74, 6) is 0.707. The number of benzene rings is 1. The molecule has 1 heterocycles. The third-order valence-corrected chi connectivity index (χ3v) is 4.02. The predicted octanol–water partition coefficient (Wildman–Crippen LogP) is 3.08. The van der Waals surface area contributed by atoms with E-state index >= 15 is 0 Å². The average molecular weight is 271 g/mol. The zero-order valence-corrected chi connectivity index (χ0v) is 11.3. The topological polar surface area (TPSA) is 44.5 Å². The third kappa shape index (κ3) is 3.29. The van der Waals surface area contributed by atoms with Gasteiger partial charge < -0.3 is 15.2 Å². The fourth-order valence-electron chi connectivity index (χ4n) is 1.90. The zero-order valence-electron chi connectivity index (χ0n) is 10.4. The minimum Gasteiger partial charge on any atom is -0.491 e. The quantitative estimate of drug-likeness (QED) is 0.660. The first kappa shape index (κ1) is 13.5. The van der Waals surface area contributed by atoms with E-state index < -0.39 is 5.82 Å². The van der Waals surface area contributed by atoms with Crippen molar-refractivity contribution in [2.45, 2.75) is 30.8 Å². The maximum Gasteiger partial charge on any atom is 0.167 e. The smallest absolute Gasteiger partial charge is 0.167 e. The van der Waals surface area contributed by atoms with Gasteiger partial charge in [-0.25, -0.2) is 4.39 Å². The van der Waals surface area contributed by atoms with Crippen molar-refractivity contribution in [2.75, 3.05) is 24.7 Å². The molecule has 1 aliphatic heterocycles. The fourth-order valence-corrected chi connectivity index (χ4v) is 2.94. The molecule has 1 atom stereocenters. The summed E-state index contributed by atoms with van der Waals surface area (Å²) < 4.78 is 24.3. The van der Waals surface area contributed by atoms with Crippen LogP contribution in [0.4, 0.5) is 10.1 Å². The molecule has 1 unspecified atom stereocenters. The lowest BCUT2D eigenvalue weighted by Crippen LogP contribution is -2.08. The molecular formula is C13H18FNO2S. The van der Waals surface area contributed by atoms with Gasteiger partial charge in [-0.2, -0.15) is 0 Å². The second kappa shape index (κ2) is 6.29. The van der Waals surface area contributed by atoms with Crippen molar-refractivity contribution in [1.82, 2.24) is 0 Å². The number of nitrogen functional groups attached to an aromatic ring is 1. The van der Waals surface area contributed by atoms with E-state index in [-0.39, 0.29) is 11.9 Å². The minimum absolute atomic E-state index is 0.265. The van der Waals surface area contributed by atoms with Gasteiger partial charge in [0.05, 0.1) is 12.7 Å². The van der Waals surface area contributed by atoms with E-state index in [0.717, 1.165) is 30.1 Å². The Morgan fingerprint density at radius 2 is 2.39 bits per heavy atom. The van der Waals surface area contributed by atoms with Gasteiger partial charge in [-0.3, -0.25) is 0 Å². The van der Waals surface area contributed by atoms with Crippen LogP contribution >= 0.6 is 11.8 Å². The number of anilines is 1. The lowest BCUT2D eigenvalue weighted by Gasteiger charge is -2.12. The molecule has 1 aromatic carbocycles. The highest BCUT2D eigenvalue weighted by Crippen LogP contribution is 2.33. The molecular weight excluding hydrogens is 253 g/mol. The molecule has 100 valence electrons. The first-order chi connectivity index (χ1) is 8.70. The summed E-state index contributed by atoms with van der Waals surface area (Å²) in [6.45, 7) is 3.11. The predicted molar refractivity (Wildman–Crippen MR) is 71.7 cm³/mol. The normalized spacial score (nSPS) is 19.1. The van der Waals surface area contributed by atoms with E-state index in [4.69, 9.17) is 15.2 Å². The van der Waals surface area contributed by atoms with Gasteiger partial charge in [0.1, 0.15) is 0 Å². The Hall–Kier alpha value is -0.940. The van der Waals surface area contributed by atoms with Crippen LogP contribution in [0, 0.1) is 5.82 Å². The highest BCUT2D eigenvalue weighted by molar-refractivity contribution is 7.99. The number of halogens is 1. The van der Waals surface area contributed by atoms with Crippen molar-refractivity contribution in [3.05, 3.63) is 17.9 Å². The van der Waals surface area contributed by atoms with Crippen molar-refractivity contribution < 1.29 is 13.9 Å². The second-order valence-electron chi connectivity index (χ2n) is 4.20. The zero-order chi connectivity index (χ0) is 13.0. The third-order valence-electron chi connectivity index (χ3n) is 2.81. The van der Waals surface area contributed by atoms with Crippen LogP contribution in [0.2, 0.25) is 0 Å². The van der Waals surface area contributed by atoms with Crippen LogP contribution in [0.3, 0.4) is 0 Å². The lowest BCUT2D eigenvalue weighted by atomic mass is 10.3. The van der Waals surface area contributed by atoms with Crippen LogP contribution in [0.5, 0.6) is 5.75 Å². The summed E-state index contributed by atoms with van der Waals surface area (Å²) in [7, 11) is 0. The van der Waals surface area contributed by atoms with E-state index in [0.29, 0.717) is 12.3 Å². The molecule has 1 aliphatic rings.